The minimum Gasteiger partial charge on any atom is -0.340 e. The van der Waals surface area contributed by atoms with Crippen LogP contribution in [0.5, 0.6) is 0 Å². The second kappa shape index (κ2) is 5.65. The monoisotopic (exact) mass is 288 g/mol. The van der Waals surface area contributed by atoms with Gasteiger partial charge in [0.1, 0.15) is 6.33 Å². The Hall–Kier alpha value is -2.22. The molecule has 8 heteroatoms. The van der Waals surface area contributed by atoms with Crippen LogP contribution in [0.4, 0.5) is 11.9 Å². The summed E-state index contributed by atoms with van der Waals surface area (Å²) >= 11 is 0. The fourth-order valence-electron chi connectivity index (χ4n) is 2.88. The summed E-state index contributed by atoms with van der Waals surface area (Å²) in [4.78, 5) is 19.4. The molecule has 0 aliphatic carbocycles. The third-order valence-electron chi connectivity index (χ3n) is 3.63. The van der Waals surface area contributed by atoms with E-state index in [0.29, 0.717) is 29.7 Å². The third-order valence-corrected chi connectivity index (χ3v) is 3.63. The fraction of sp³-hybridized carbons (Fsp3) is 0.538. The first-order valence-electron chi connectivity index (χ1n) is 7.11. The van der Waals surface area contributed by atoms with Crippen molar-refractivity contribution in [2.24, 2.45) is 17.7 Å². The SMILES string of the molecule is CC1CC(C)CN(c2nc(NN)nc(-n3ccnc3)n2)C1. The number of aromatic nitrogens is 5. The van der Waals surface area contributed by atoms with Crippen LogP contribution in [-0.2, 0) is 0 Å². The maximum absolute atomic E-state index is 5.48. The predicted octanol–water partition coefficient (Wildman–Crippen LogP) is 0.825. The molecule has 1 aliphatic heterocycles. The first-order valence-corrected chi connectivity index (χ1v) is 7.11. The largest absolute Gasteiger partial charge is 0.340 e. The molecule has 3 rings (SSSR count). The van der Waals surface area contributed by atoms with E-state index in [4.69, 9.17) is 5.84 Å². The number of rotatable bonds is 3. The van der Waals surface area contributed by atoms with Gasteiger partial charge in [0.05, 0.1) is 0 Å². The molecule has 8 nitrogen and oxygen atoms in total. The summed E-state index contributed by atoms with van der Waals surface area (Å²) < 4.78 is 1.74. The molecule has 2 aromatic rings. The van der Waals surface area contributed by atoms with Crippen LogP contribution in [0.1, 0.15) is 20.3 Å². The average molecular weight is 288 g/mol. The zero-order valence-electron chi connectivity index (χ0n) is 12.3. The van der Waals surface area contributed by atoms with E-state index in [1.54, 1.807) is 23.3 Å². The van der Waals surface area contributed by atoms with Crippen LogP contribution >= 0.6 is 0 Å². The minimum absolute atomic E-state index is 0.356. The van der Waals surface area contributed by atoms with Crippen LogP contribution in [-0.4, -0.2) is 37.6 Å². The summed E-state index contributed by atoms with van der Waals surface area (Å²) in [6.45, 7) is 6.40. The number of hydrazine groups is 1. The number of nitrogens with zero attached hydrogens (tertiary/aromatic N) is 6. The molecule has 0 spiro atoms. The van der Waals surface area contributed by atoms with Crippen molar-refractivity contribution in [1.82, 2.24) is 24.5 Å². The van der Waals surface area contributed by atoms with E-state index in [1.807, 2.05) is 0 Å². The third kappa shape index (κ3) is 2.94. The maximum Gasteiger partial charge on any atom is 0.243 e. The zero-order chi connectivity index (χ0) is 14.8. The van der Waals surface area contributed by atoms with Gasteiger partial charge in [-0.3, -0.25) is 9.99 Å². The van der Waals surface area contributed by atoms with Gasteiger partial charge in [0, 0.05) is 25.5 Å². The Balaban J connectivity index is 1.96. The molecule has 0 bridgehead atoms. The van der Waals surface area contributed by atoms with E-state index in [0.717, 1.165) is 13.1 Å². The highest BCUT2D eigenvalue weighted by atomic mass is 15.4. The molecular formula is C13H20N8. The van der Waals surface area contributed by atoms with E-state index in [2.05, 4.69) is 44.1 Å². The lowest BCUT2D eigenvalue weighted by molar-refractivity contribution is 0.353. The van der Waals surface area contributed by atoms with Crippen molar-refractivity contribution < 1.29 is 0 Å². The lowest BCUT2D eigenvalue weighted by Crippen LogP contribution is -2.40. The number of nitrogen functional groups attached to an aromatic ring is 1. The van der Waals surface area contributed by atoms with Gasteiger partial charge in [0.25, 0.3) is 0 Å². The number of piperidine rings is 1. The summed E-state index contributed by atoms with van der Waals surface area (Å²) in [5.74, 6) is 8.24. The number of anilines is 2. The Kier molecular flexibility index (Phi) is 3.70. The summed E-state index contributed by atoms with van der Waals surface area (Å²) in [6.07, 6.45) is 6.36. The first kappa shape index (κ1) is 13.7. The highest BCUT2D eigenvalue weighted by Gasteiger charge is 2.24. The quantitative estimate of drug-likeness (QED) is 0.637. The number of nitrogens with one attached hydrogen (secondary N) is 1. The summed E-state index contributed by atoms with van der Waals surface area (Å²) in [5.41, 5.74) is 2.51. The number of imidazole rings is 1. The molecule has 0 amide bonds. The summed E-state index contributed by atoms with van der Waals surface area (Å²) in [5, 5.41) is 0. The van der Waals surface area contributed by atoms with Crippen LogP contribution in [0.25, 0.3) is 5.95 Å². The Bertz CT molecular complexity index is 586. The van der Waals surface area contributed by atoms with Crippen molar-refractivity contribution in [2.45, 2.75) is 20.3 Å². The topological polar surface area (TPSA) is 97.8 Å². The molecule has 3 heterocycles. The van der Waals surface area contributed by atoms with Crippen molar-refractivity contribution in [3.05, 3.63) is 18.7 Å². The molecule has 1 aliphatic rings. The standard InChI is InChI=1S/C13H20N8/c1-9-5-10(2)7-21(6-9)13-17-11(19-14)16-12(18-13)20-4-3-15-8-20/h3-4,8-10H,5-7,14H2,1-2H3,(H,16,17,18,19). The second-order valence-corrected chi connectivity index (χ2v) is 5.72. The van der Waals surface area contributed by atoms with Gasteiger partial charge in [0.15, 0.2) is 0 Å². The Labute approximate surface area is 123 Å². The summed E-state index contributed by atoms with van der Waals surface area (Å²) in [6, 6.07) is 0. The predicted molar refractivity (Wildman–Crippen MR) is 79.9 cm³/mol. The zero-order valence-corrected chi connectivity index (χ0v) is 12.3. The maximum atomic E-state index is 5.48. The molecule has 2 aromatic heterocycles. The van der Waals surface area contributed by atoms with Crippen molar-refractivity contribution in [1.29, 1.82) is 0 Å². The Morgan fingerprint density at radius 2 is 1.86 bits per heavy atom. The van der Waals surface area contributed by atoms with Gasteiger partial charge < -0.3 is 4.90 Å². The molecule has 0 radical (unpaired) electrons. The molecule has 21 heavy (non-hydrogen) atoms. The van der Waals surface area contributed by atoms with Gasteiger partial charge >= 0.3 is 0 Å². The van der Waals surface area contributed by atoms with Crippen LogP contribution in [0, 0.1) is 11.8 Å². The van der Waals surface area contributed by atoms with Gasteiger partial charge in [-0.05, 0) is 18.3 Å². The number of nitrogens with two attached hydrogens (primary N) is 1. The minimum atomic E-state index is 0.356. The van der Waals surface area contributed by atoms with E-state index in [-0.39, 0.29) is 0 Å². The molecule has 0 aromatic carbocycles. The van der Waals surface area contributed by atoms with E-state index in [1.165, 1.54) is 6.42 Å². The summed E-state index contributed by atoms with van der Waals surface area (Å²) in [7, 11) is 0. The van der Waals surface area contributed by atoms with E-state index in [9.17, 15) is 0 Å². The Morgan fingerprint density at radius 1 is 1.14 bits per heavy atom. The first-order chi connectivity index (χ1) is 10.2. The van der Waals surface area contributed by atoms with Crippen molar-refractivity contribution >= 4 is 11.9 Å². The molecule has 0 saturated carbocycles. The molecule has 112 valence electrons. The highest BCUT2D eigenvalue weighted by molar-refractivity contribution is 5.40. The molecule has 2 unspecified atom stereocenters. The normalized spacial score (nSPS) is 22.3. The van der Waals surface area contributed by atoms with Crippen LogP contribution in [0.3, 0.4) is 0 Å². The van der Waals surface area contributed by atoms with Crippen molar-refractivity contribution in [2.75, 3.05) is 23.4 Å². The smallest absolute Gasteiger partial charge is 0.243 e. The van der Waals surface area contributed by atoms with Gasteiger partial charge in [-0.25, -0.2) is 10.8 Å². The highest BCUT2D eigenvalue weighted by Crippen LogP contribution is 2.24. The molecule has 3 N–H and O–H groups in total. The molecule has 2 atom stereocenters. The van der Waals surface area contributed by atoms with Crippen molar-refractivity contribution in [3.8, 4) is 5.95 Å². The van der Waals surface area contributed by atoms with Gasteiger partial charge in [-0.15, -0.1) is 0 Å². The van der Waals surface area contributed by atoms with Crippen LogP contribution in [0.15, 0.2) is 18.7 Å². The fourth-order valence-corrected chi connectivity index (χ4v) is 2.88. The second-order valence-electron chi connectivity index (χ2n) is 5.72. The van der Waals surface area contributed by atoms with Gasteiger partial charge in [0.2, 0.25) is 17.8 Å². The van der Waals surface area contributed by atoms with E-state index < -0.39 is 0 Å². The molecular weight excluding hydrogens is 268 g/mol. The number of hydrogen-bond acceptors (Lipinski definition) is 7. The average Bonchev–Trinajstić information content (AvgIpc) is 3.00. The Morgan fingerprint density at radius 3 is 2.48 bits per heavy atom. The van der Waals surface area contributed by atoms with Crippen molar-refractivity contribution in [3.63, 3.8) is 0 Å². The van der Waals surface area contributed by atoms with Gasteiger partial charge in [-0.2, -0.15) is 15.0 Å². The van der Waals surface area contributed by atoms with Gasteiger partial charge in [-0.1, -0.05) is 13.8 Å². The lowest BCUT2D eigenvalue weighted by Gasteiger charge is -2.35. The lowest BCUT2D eigenvalue weighted by atomic mass is 9.92. The molecule has 1 fully saturated rings. The van der Waals surface area contributed by atoms with Crippen LogP contribution < -0.4 is 16.2 Å². The van der Waals surface area contributed by atoms with Crippen LogP contribution in [0.2, 0.25) is 0 Å². The van der Waals surface area contributed by atoms with E-state index >= 15 is 0 Å². The molecule has 1 saturated heterocycles. The number of hydrogen-bond donors (Lipinski definition) is 2.